The van der Waals surface area contributed by atoms with E-state index in [1.165, 1.54) is 110 Å². The molecule has 0 spiro atoms. The Kier molecular flexibility index (Phi) is 5.50. The van der Waals surface area contributed by atoms with E-state index >= 15 is 0 Å². The van der Waals surface area contributed by atoms with Gasteiger partial charge in [0.05, 0.1) is 0 Å². The summed E-state index contributed by atoms with van der Waals surface area (Å²) in [5.41, 5.74) is 17.5. The smallest absolute Gasteiger partial charge is 0 e. The number of benzene rings is 8. The molecule has 0 saturated heterocycles. The van der Waals surface area contributed by atoms with Gasteiger partial charge in [0.15, 0.2) is 0 Å². The predicted molar refractivity (Wildman–Crippen MR) is 183 cm³/mol. The average molecular weight is 644 g/mol. The Labute approximate surface area is 287 Å². The minimum atomic E-state index is 0. The molecular formula is C44H26Y-2. The minimum Gasteiger partial charge on any atom is -0.179 e. The summed E-state index contributed by atoms with van der Waals surface area (Å²) in [6.45, 7) is 0. The maximum Gasteiger partial charge on any atom is 0 e. The molecule has 8 aromatic rings. The fourth-order valence-corrected chi connectivity index (χ4v) is 8.95. The molecule has 12 rings (SSSR count). The molecule has 0 bridgehead atoms. The Balaban J connectivity index is 0.000000115. The van der Waals surface area contributed by atoms with Crippen molar-refractivity contribution in [3.8, 4) is 22.3 Å². The summed E-state index contributed by atoms with van der Waals surface area (Å²) in [5.74, 6) is 0. The van der Waals surface area contributed by atoms with Crippen LogP contribution in [0.4, 0.5) is 0 Å². The van der Waals surface area contributed by atoms with Crippen LogP contribution in [0.25, 0.3) is 65.3 Å². The van der Waals surface area contributed by atoms with Gasteiger partial charge in [0.1, 0.15) is 0 Å². The molecule has 0 fully saturated rings. The molecule has 0 unspecified atom stereocenters. The molecule has 1 radical (unpaired) electrons. The van der Waals surface area contributed by atoms with Gasteiger partial charge in [-0.05, 0) is 91.7 Å². The topological polar surface area (TPSA) is 0 Å². The van der Waals surface area contributed by atoms with Gasteiger partial charge in [-0.25, -0.2) is 0 Å². The SMILES string of the molecule is [Y].[c-]1ccc2ccc3c4c2c1Cc1ccc2cccc(c2c1-4)C3.[c-]1ccc2ccc3c4c2c1Cc1ccc2cccc(c2c1-4)C3. The largest absolute Gasteiger partial charge is 0.179 e. The minimum absolute atomic E-state index is 0. The van der Waals surface area contributed by atoms with Crippen molar-refractivity contribution >= 4 is 43.1 Å². The van der Waals surface area contributed by atoms with Crippen molar-refractivity contribution in [1.29, 1.82) is 0 Å². The van der Waals surface area contributed by atoms with E-state index in [-0.39, 0.29) is 32.7 Å². The summed E-state index contributed by atoms with van der Waals surface area (Å²) in [6, 6.07) is 47.4. The first-order valence-electron chi connectivity index (χ1n) is 15.8. The van der Waals surface area contributed by atoms with E-state index in [0.29, 0.717) is 0 Å². The van der Waals surface area contributed by atoms with Gasteiger partial charge in [0.2, 0.25) is 0 Å². The summed E-state index contributed by atoms with van der Waals surface area (Å²) in [5, 5.41) is 11.3. The fourth-order valence-electron chi connectivity index (χ4n) is 8.95. The second kappa shape index (κ2) is 9.46. The first-order chi connectivity index (χ1) is 21.8. The summed E-state index contributed by atoms with van der Waals surface area (Å²) in [4.78, 5) is 0. The first-order valence-corrected chi connectivity index (χ1v) is 15.8. The number of hydrogen-bond donors (Lipinski definition) is 0. The summed E-state index contributed by atoms with van der Waals surface area (Å²) in [6.07, 6.45) is 4.11. The van der Waals surface area contributed by atoms with Crippen LogP contribution in [0.3, 0.4) is 0 Å². The van der Waals surface area contributed by atoms with Crippen molar-refractivity contribution in [3.63, 3.8) is 0 Å². The molecular weight excluding hydrogens is 617 g/mol. The first kappa shape index (κ1) is 26.2. The van der Waals surface area contributed by atoms with Crippen molar-refractivity contribution in [1.82, 2.24) is 0 Å². The zero-order valence-electron chi connectivity index (χ0n) is 24.8. The Hall–Kier alpha value is -4.10. The third-order valence-electron chi connectivity index (χ3n) is 10.7. The second-order valence-electron chi connectivity index (χ2n) is 13.0. The molecule has 207 valence electrons. The zero-order chi connectivity index (χ0) is 28.5. The third-order valence-corrected chi connectivity index (χ3v) is 10.7. The second-order valence-corrected chi connectivity index (χ2v) is 13.0. The Morgan fingerprint density at radius 3 is 1.16 bits per heavy atom. The van der Waals surface area contributed by atoms with Gasteiger partial charge in [-0.15, -0.1) is 32.7 Å². The number of rotatable bonds is 0. The van der Waals surface area contributed by atoms with Crippen molar-refractivity contribution in [2.45, 2.75) is 25.7 Å². The van der Waals surface area contributed by atoms with E-state index in [2.05, 4.69) is 121 Å². The molecule has 0 nitrogen and oxygen atoms in total. The molecule has 45 heavy (non-hydrogen) atoms. The molecule has 4 aliphatic carbocycles. The Morgan fingerprint density at radius 1 is 0.333 bits per heavy atom. The summed E-state index contributed by atoms with van der Waals surface area (Å²) < 4.78 is 0. The maximum absolute atomic E-state index is 3.49. The van der Waals surface area contributed by atoms with Gasteiger partial charge in [-0.1, -0.05) is 96.1 Å². The maximum atomic E-state index is 3.49. The quantitative estimate of drug-likeness (QED) is 0.144. The van der Waals surface area contributed by atoms with Crippen LogP contribution >= 0.6 is 0 Å². The van der Waals surface area contributed by atoms with Crippen LogP contribution in [0.5, 0.6) is 0 Å². The van der Waals surface area contributed by atoms with Crippen molar-refractivity contribution in [2.75, 3.05) is 0 Å². The van der Waals surface area contributed by atoms with Crippen LogP contribution in [-0.2, 0) is 58.4 Å². The van der Waals surface area contributed by atoms with E-state index in [4.69, 9.17) is 0 Å². The molecule has 4 aliphatic rings. The van der Waals surface area contributed by atoms with Crippen molar-refractivity contribution in [3.05, 3.63) is 166 Å². The van der Waals surface area contributed by atoms with Crippen LogP contribution in [-0.4, -0.2) is 0 Å². The van der Waals surface area contributed by atoms with E-state index in [9.17, 15) is 0 Å². The fraction of sp³-hybridized carbons (Fsp3) is 0.0909. The molecule has 0 N–H and O–H groups in total. The van der Waals surface area contributed by atoms with Crippen LogP contribution in [0.15, 0.2) is 109 Å². The molecule has 0 saturated carbocycles. The number of hydrogen-bond acceptors (Lipinski definition) is 0. The van der Waals surface area contributed by atoms with Gasteiger partial charge in [0.25, 0.3) is 0 Å². The molecule has 0 amide bonds. The molecule has 0 atom stereocenters. The molecule has 0 heterocycles. The van der Waals surface area contributed by atoms with Gasteiger partial charge < -0.3 is 0 Å². The van der Waals surface area contributed by atoms with Gasteiger partial charge in [0, 0.05) is 32.7 Å². The third kappa shape index (κ3) is 3.50. The zero-order valence-corrected chi connectivity index (χ0v) is 27.6. The van der Waals surface area contributed by atoms with Crippen LogP contribution in [0, 0.1) is 12.1 Å². The van der Waals surface area contributed by atoms with E-state index in [0.717, 1.165) is 25.7 Å². The standard InChI is InChI=1S/2C22H13.Y/c2*1-3-13-7-9-18-12-16-6-2-4-14-8-10-17-11-15(5-1)19(13)21(18)22(17)20(14)16;/h2*1-5,7-10H,11-12H2;/q2*-1;. The van der Waals surface area contributed by atoms with Crippen LogP contribution in [0.1, 0.15) is 44.5 Å². The summed E-state index contributed by atoms with van der Waals surface area (Å²) >= 11 is 0. The Morgan fingerprint density at radius 2 is 0.711 bits per heavy atom. The van der Waals surface area contributed by atoms with Crippen molar-refractivity contribution in [2.24, 2.45) is 0 Å². The normalized spacial score (nSPS) is 13.7. The predicted octanol–water partition coefficient (Wildman–Crippen LogP) is 10.5. The summed E-state index contributed by atoms with van der Waals surface area (Å²) in [7, 11) is 0. The van der Waals surface area contributed by atoms with E-state index in [1.54, 1.807) is 0 Å². The average Bonchev–Trinajstić information content (AvgIpc) is 3.07. The molecule has 0 aliphatic heterocycles. The van der Waals surface area contributed by atoms with E-state index in [1.807, 2.05) is 0 Å². The molecule has 8 aromatic carbocycles. The van der Waals surface area contributed by atoms with Crippen LogP contribution in [0.2, 0.25) is 0 Å². The monoisotopic (exact) mass is 643 g/mol. The van der Waals surface area contributed by atoms with Crippen LogP contribution < -0.4 is 0 Å². The van der Waals surface area contributed by atoms with Gasteiger partial charge >= 0.3 is 0 Å². The van der Waals surface area contributed by atoms with Crippen molar-refractivity contribution < 1.29 is 32.7 Å². The van der Waals surface area contributed by atoms with Gasteiger partial charge in [-0.3, -0.25) is 0 Å². The van der Waals surface area contributed by atoms with Gasteiger partial charge in [-0.2, -0.15) is 36.4 Å². The van der Waals surface area contributed by atoms with E-state index < -0.39 is 0 Å². The Bertz CT molecular complexity index is 2240. The molecule has 0 aromatic heterocycles. The molecule has 1 heteroatoms.